The van der Waals surface area contributed by atoms with Gasteiger partial charge in [-0.15, -0.1) is 0 Å². The summed E-state index contributed by atoms with van der Waals surface area (Å²) in [5.74, 6) is -0.226. The molecule has 2 rings (SSSR count). The Morgan fingerprint density at radius 1 is 0.641 bits per heavy atom. The van der Waals surface area contributed by atoms with E-state index in [2.05, 4.69) is 4.90 Å². The van der Waals surface area contributed by atoms with Crippen molar-refractivity contribution in [3.63, 3.8) is 0 Å². The van der Waals surface area contributed by atoms with Gasteiger partial charge >= 0.3 is 18.2 Å². The second kappa shape index (κ2) is 14.0. The van der Waals surface area contributed by atoms with Crippen molar-refractivity contribution in [2.75, 3.05) is 65.6 Å². The minimum absolute atomic E-state index is 0.124. The number of amides is 2. The first-order chi connectivity index (χ1) is 17.7. The number of nitrogens with zero attached hydrogens (tertiary/aromatic N) is 4. The normalized spacial score (nSPS) is 18.2. The van der Waals surface area contributed by atoms with E-state index in [0.29, 0.717) is 45.9 Å². The van der Waals surface area contributed by atoms with E-state index in [1.807, 2.05) is 74.1 Å². The predicted molar refractivity (Wildman–Crippen MR) is 151 cm³/mol. The first-order valence-corrected chi connectivity index (χ1v) is 14.0. The highest BCUT2D eigenvalue weighted by Gasteiger charge is 2.39. The Morgan fingerprint density at radius 2 is 1.00 bits per heavy atom. The molecule has 0 radical (unpaired) electrons. The standard InChI is InChI=1S/C15H28N2O4.C13H26N2O3/c1-7-20-12(18)15(5,6)17-10-8-16(9-11-17)13(19)21-14(2,3)4;1-12(2,3)18-11(17)14-6-8-15(9-7-14)13(4,5)10-16/h7-11H2,1-6H3;16H,6-10H2,1-5H3. The molecule has 2 aliphatic rings. The Hall–Kier alpha value is -2.11. The highest BCUT2D eigenvalue weighted by molar-refractivity contribution is 5.80. The van der Waals surface area contributed by atoms with Crippen molar-refractivity contribution in [2.45, 2.75) is 98.4 Å². The van der Waals surface area contributed by atoms with E-state index >= 15 is 0 Å². The van der Waals surface area contributed by atoms with Gasteiger partial charge in [0.1, 0.15) is 16.7 Å². The van der Waals surface area contributed by atoms with Gasteiger partial charge in [-0.25, -0.2) is 9.59 Å². The van der Waals surface area contributed by atoms with Gasteiger partial charge in [0.15, 0.2) is 0 Å². The van der Waals surface area contributed by atoms with Crippen molar-refractivity contribution in [3.05, 3.63) is 0 Å². The Balaban J connectivity index is 0.000000395. The minimum atomic E-state index is -0.671. The summed E-state index contributed by atoms with van der Waals surface area (Å²) in [5.41, 5.74) is -1.83. The van der Waals surface area contributed by atoms with Gasteiger partial charge in [0, 0.05) is 57.9 Å². The van der Waals surface area contributed by atoms with E-state index in [9.17, 15) is 19.5 Å². The van der Waals surface area contributed by atoms with Crippen LogP contribution in [0.15, 0.2) is 0 Å². The molecule has 11 nitrogen and oxygen atoms in total. The molecule has 2 amide bonds. The average Bonchev–Trinajstić information content (AvgIpc) is 2.82. The minimum Gasteiger partial charge on any atom is -0.465 e. The van der Waals surface area contributed by atoms with Gasteiger partial charge in [0.05, 0.1) is 13.2 Å². The Labute approximate surface area is 235 Å². The van der Waals surface area contributed by atoms with Crippen LogP contribution in [0.3, 0.4) is 0 Å². The van der Waals surface area contributed by atoms with E-state index in [-0.39, 0.29) is 30.3 Å². The largest absolute Gasteiger partial charge is 0.465 e. The lowest BCUT2D eigenvalue weighted by Crippen LogP contribution is -2.59. The highest BCUT2D eigenvalue weighted by Crippen LogP contribution is 2.20. The van der Waals surface area contributed by atoms with Crippen LogP contribution in [0.5, 0.6) is 0 Å². The third-order valence-corrected chi connectivity index (χ3v) is 6.67. The van der Waals surface area contributed by atoms with E-state index < -0.39 is 16.7 Å². The molecule has 0 aromatic carbocycles. The molecule has 0 spiro atoms. The van der Waals surface area contributed by atoms with Crippen molar-refractivity contribution < 1.29 is 33.7 Å². The lowest BCUT2D eigenvalue weighted by Gasteiger charge is -2.43. The second-order valence-electron chi connectivity index (χ2n) is 13.2. The van der Waals surface area contributed by atoms with E-state index in [1.54, 1.807) is 16.7 Å². The molecule has 39 heavy (non-hydrogen) atoms. The fourth-order valence-electron chi connectivity index (χ4n) is 4.13. The van der Waals surface area contributed by atoms with Gasteiger partial charge in [-0.3, -0.25) is 14.6 Å². The molecular weight excluding hydrogens is 504 g/mol. The van der Waals surface area contributed by atoms with Crippen LogP contribution in [0.1, 0.15) is 76.2 Å². The maximum Gasteiger partial charge on any atom is 0.410 e. The summed E-state index contributed by atoms with van der Waals surface area (Å²) in [6.45, 7) is 26.4. The Kier molecular flexibility index (Phi) is 12.5. The summed E-state index contributed by atoms with van der Waals surface area (Å²) < 4.78 is 15.8. The number of hydrogen-bond acceptors (Lipinski definition) is 9. The summed E-state index contributed by atoms with van der Waals surface area (Å²) >= 11 is 0. The fourth-order valence-corrected chi connectivity index (χ4v) is 4.13. The summed E-state index contributed by atoms with van der Waals surface area (Å²) in [5, 5.41) is 9.33. The van der Waals surface area contributed by atoms with Gasteiger partial charge in [-0.2, -0.15) is 0 Å². The average molecular weight is 559 g/mol. The number of rotatable bonds is 5. The highest BCUT2D eigenvalue weighted by atomic mass is 16.6. The summed E-state index contributed by atoms with van der Waals surface area (Å²) in [6.07, 6.45) is -0.542. The molecule has 2 aliphatic heterocycles. The van der Waals surface area contributed by atoms with E-state index in [4.69, 9.17) is 14.2 Å². The van der Waals surface area contributed by atoms with Crippen LogP contribution in [-0.4, -0.2) is 131 Å². The first kappa shape index (κ1) is 34.9. The van der Waals surface area contributed by atoms with Crippen molar-refractivity contribution in [3.8, 4) is 0 Å². The van der Waals surface area contributed by atoms with Crippen LogP contribution >= 0.6 is 0 Å². The van der Waals surface area contributed by atoms with Crippen molar-refractivity contribution in [2.24, 2.45) is 0 Å². The topological polar surface area (TPSA) is 112 Å². The maximum absolute atomic E-state index is 12.0. The summed E-state index contributed by atoms with van der Waals surface area (Å²) in [7, 11) is 0. The quantitative estimate of drug-likeness (QED) is 0.402. The zero-order chi connectivity index (χ0) is 30.2. The maximum atomic E-state index is 12.0. The molecular formula is C28H54N4O7. The summed E-state index contributed by atoms with van der Waals surface area (Å²) in [4.78, 5) is 43.5. The van der Waals surface area contributed by atoms with Gasteiger partial charge < -0.3 is 29.1 Å². The summed E-state index contributed by atoms with van der Waals surface area (Å²) in [6, 6.07) is 0. The molecule has 0 aliphatic carbocycles. The number of piperazine rings is 2. The predicted octanol–water partition coefficient (Wildman–Crippen LogP) is 3.19. The van der Waals surface area contributed by atoms with Crippen LogP contribution in [0.25, 0.3) is 0 Å². The lowest BCUT2D eigenvalue weighted by molar-refractivity contribution is -0.156. The SMILES string of the molecule is CC(C)(C)OC(=O)N1CCN(C(C)(C)CO)CC1.CCOC(=O)C(C)(C)N1CCN(C(=O)OC(C)(C)C)CC1. The van der Waals surface area contributed by atoms with Crippen molar-refractivity contribution >= 4 is 18.2 Å². The molecule has 2 saturated heterocycles. The second-order valence-corrected chi connectivity index (χ2v) is 13.2. The molecule has 0 atom stereocenters. The van der Waals surface area contributed by atoms with Gasteiger partial charge in [0.25, 0.3) is 0 Å². The molecule has 2 fully saturated rings. The fraction of sp³-hybridized carbons (Fsp3) is 0.893. The molecule has 0 saturated carbocycles. The monoisotopic (exact) mass is 558 g/mol. The molecule has 2 heterocycles. The number of aliphatic hydroxyl groups is 1. The Bertz CT molecular complexity index is 802. The zero-order valence-corrected chi connectivity index (χ0v) is 26.3. The van der Waals surface area contributed by atoms with Gasteiger partial charge in [-0.05, 0) is 76.2 Å². The number of carbonyl (C=O) groups excluding carboxylic acids is 3. The lowest BCUT2D eigenvalue weighted by atomic mass is 10.0. The molecule has 0 aromatic rings. The number of aliphatic hydroxyl groups excluding tert-OH is 1. The molecule has 1 N–H and O–H groups in total. The molecule has 228 valence electrons. The van der Waals surface area contributed by atoms with Crippen LogP contribution in [0.2, 0.25) is 0 Å². The first-order valence-electron chi connectivity index (χ1n) is 14.0. The number of carbonyl (C=O) groups is 3. The van der Waals surface area contributed by atoms with Crippen LogP contribution in [-0.2, 0) is 19.0 Å². The van der Waals surface area contributed by atoms with Crippen LogP contribution < -0.4 is 0 Å². The van der Waals surface area contributed by atoms with E-state index in [1.165, 1.54) is 0 Å². The van der Waals surface area contributed by atoms with Crippen molar-refractivity contribution in [1.29, 1.82) is 0 Å². The van der Waals surface area contributed by atoms with Crippen LogP contribution in [0, 0.1) is 0 Å². The number of ether oxygens (including phenoxy) is 3. The van der Waals surface area contributed by atoms with Crippen molar-refractivity contribution in [1.82, 2.24) is 19.6 Å². The smallest absolute Gasteiger partial charge is 0.410 e. The third kappa shape index (κ3) is 11.5. The molecule has 11 heteroatoms. The van der Waals surface area contributed by atoms with E-state index in [0.717, 1.165) is 13.1 Å². The van der Waals surface area contributed by atoms with Crippen LogP contribution in [0.4, 0.5) is 9.59 Å². The number of esters is 1. The van der Waals surface area contributed by atoms with Gasteiger partial charge in [-0.1, -0.05) is 0 Å². The zero-order valence-electron chi connectivity index (χ0n) is 26.3. The molecule has 0 aromatic heterocycles. The molecule has 0 unspecified atom stereocenters. The number of hydrogen-bond donors (Lipinski definition) is 1. The van der Waals surface area contributed by atoms with Gasteiger partial charge in [0.2, 0.25) is 0 Å². The molecule has 0 bridgehead atoms. The Morgan fingerprint density at radius 3 is 1.31 bits per heavy atom. The third-order valence-electron chi connectivity index (χ3n) is 6.67.